The lowest BCUT2D eigenvalue weighted by Crippen LogP contribution is -2.44. The van der Waals surface area contributed by atoms with E-state index in [0.29, 0.717) is 21.3 Å². The fourth-order valence-corrected chi connectivity index (χ4v) is 4.27. The van der Waals surface area contributed by atoms with Gasteiger partial charge in [-0.05, 0) is 75.2 Å². The molecule has 30 heavy (non-hydrogen) atoms. The normalized spacial score (nSPS) is 15.2. The van der Waals surface area contributed by atoms with E-state index in [2.05, 4.69) is 44.0 Å². The number of benzene rings is 2. The van der Waals surface area contributed by atoms with Crippen LogP contribution in [0.5, 0.6) is 0 Å². The number of amides is 1. The Kier molecular flexibility index (Phi) is 6.26. The lowest BCUT2D eigenvalue weighted by atomic mass is 9.88. The molecular weight excluding hydrogens is 417 g/mol. The molecule has 1 N–H and O–H groups in total. The van der Waals surface area contributed by atoms with Gasteiger partial charge in [0.05, 0.1) is 5.54 Å². The monoisotopic (exact) mass is 439 g/mol. The average Bonchev–Trinajstić information content (AvgIpc) is 2.66. The highest BCUT2D eigenvalue weighted by atomic mass is 35.5. The largest absolute Gasteiger partial charge is 0.363 e. The van der Waals surface area contributed by atoms with Crippen molar-refractivity contribution in [2.75, 3.05) is 16.8 Å². The van der Waals surface area contributed by atoms with Gasteiger partial charge in [0, 0.05) is 33.5 Å². The first-order chi connectivity index (χ1) is 14.2. The quantitative estimate of drug-likeness (QED) is 0.433. The van der Waals surface area contributed by atoms with Crippen molar-refractivity contribution >= 4 is 52.1 Å². The van der Waals surface area contributed by atoms with Gasteiger partial charge in [0.2, 0.25) is 0 Å². The third-order valence-electron chi connectivity index (χ3n) is 5.16. The second-order valence-electron chi connectivity index (χ2n) is 7.75. The summed E-state index contributed by atoms with van der Waals surface area (Å²) in [6.07, 6.45) is 3.74. The van der Waals surface area contributed by atoms with Gasteiger partial charge in [-0.25, -0.2) is 0 Å². The number of anilines is 2. The summed E-state index contributed by atoms with van der Waals surface area (Å²) in [6, 6.07) is 12.6. The van der Waals surface area contributed by atoms with Crippen LogP contribution in [0, 0.1) is 11.3 Å². The van der Waals surface area contributed by atoms with Crippen molar-refractivity contribution in [1.29, 1.82) is 5.26 Å². The van der Waals surface area contributed by atoms with E-state index in [1.807, 2.05) is 18.2 Å². The van der Waals surface area contributed by atoms with E-state index in [1.165, 1.54) is 6.08 Å². The van der Waals surface area contributed by atoms with Crippen LogP contribution in [-0.2, 0) is 4.79 Å². The number of rotatable bonds is 4. The van der Waals surface area contributed by atoms with E-state index >= 15 is 0 Å². The molecule has 0 bridgehead atoms. The molecule has 0 saturated carbocycles. The minimum absolute atomic E-state index is 0.0399. The maximum Gasteiger partial charge on any atom is 0.266 e. The number of nitriles is 1. The van der Waals surface area contributed by atoms with Crippen molar-refractivity contribution < 1.29 is 4.79 Å². The Morgan fingerprint density at radius 1 is 1.27 bits per heavy atom. The Labute approximate surface area is 187 Å². The molecular formula is C24H23Cl2N3O. The maximum absolute atomic E-state index is 12.6. The molecule has 0 atom stereocenters. The number of nitrogens with zero attached hydrogens (tertiary/aromatic N) is 2. The maximum atomic E-state index is 12.6. The summed E-state index contributed by atoms with van der Waals surface area (Å²) in [5.41, 5.74) is 4.20. The summed E-state index contributed by atoms with van der Waals surface area (Å²) in [5, 5.41) is 13.2. The lowest BCUT2D eigenvalue weighted by molar-refractivity contribution is -0.112. The van der Waals surface area contributed by atoms with Crippen LogP contribution in [0.3, 0.4) is 0 Å². The molecule has 0 saturated heterocycles. The van der Waals surface area contributed by atoms with Crippen LogP contribution in [0.1, 0.15) is 38.8 Å². The van der Waals surface area contributed by atoms with Gasteiger partial charge in [0.15, 0.2) is 0 Å². The van der Waals surface area contributed by atoms with E-state index in [0.717, 1.165) is 23.4 Å². The second kappa shape index (κ2) is 8.55. The van der Waals surface area contributed by atoms with Crippen molar-refractivity contribution in [1.82, 2.24) is 0 Å². The predicted molar refractivity (Wildman–Crippen MR) is 126 cm³/mol. The molecule has 0 spiro atoms. The number of fused-ring (bicyclic) bond motifs is 1. The number of hydrogen-bond acceptors (Lipinski definition) is 3. The highest BCUT2D eigenvalue weighted by Gasteiger charge is 2.30. The SMILES string of the molecule is CCN1c2cc(Cl)c(/C=C(\C#N)C(=O)Nc3cccc(Cl)c3)cc2C(C)=CC1(C)C. The molecule has 0 unspecified atom stereocenters. The average molecular weight is 440 g/mol. The minimum atomic E-state index is -0.517. The van der Waals surface area contributed by atoms with Gasteiger partial charge < -0.3 is 10.2 Å². The van der Waals surface area contributed by atoms with Crippen LogP contribution in [-0.4, -0.2) is 18.0 Å². The molecule has 0 aliphatic carbocycles. The number of carbonyl (C=O) groups excluding carboxylic acids is 1. The van der Waals surface area contributed by atoms with Crippen LogP contribution in [0.4, 0.5) is 11.4 Å². The second-order valence-corrected chi connectivity index (χ2v) is 8.59. The number of halogens is 2. The van der Waals surface area contributed by atoms with Crippen LogP contribution < -0.4 is 10.2 Å². The zero-order valence-electron chi connectivity index (χ0n) is 17.4. The van der Waals surface area contributed by atoms with Crippen molar-refractivity contribution in [3.63, 3.8) is 0 Å². The Hall–Kier alpha value is -2.74. The number of carbonyl (C=O) groups is 1. The van der Waals surface area contributed by atoms with Gasteiger partial charge in [0.25, 0.3) is 5.91 Å². The highest BCUT2D eigenvalue weighted by Crippen LogP contribution is 2.41. The fourth-order valence-electron chi connectivity index (χ4n) is 3.87. The molecule has 1 amide bonds. The third-order valence-corrected chi connectivity index (χ3v) is 5.72. The van der Waals surface area contributed by atoms with Gasteiger partial charge in [-0.3, -0.25) is 4.79 Å². The summed E-state index contributed by atoms with van der Waals surface area (Å²) in [5.74, 6) is -0.517. The Bertz CT molecular complexity index is 1110. The third kappa shape index (κ3) is 4.38. The molecule has 1 aliphatic heterocycles. The Morgan fingerprint density at radius 3 is 2.63 bits per heavy atom. The first-order valence-electron chi connectivity index (χ1n) is 9.66. The van der Waals surface area contributed by atoms with E-state index in [9.17, 15) is 10.1 Å². The molecule has 2 aromatic carbocycles. The zero-order chi connectivity index (χ0) is 22.1. The van der Waals surface area contributed by atoms with Crippen molar-refractivity contribution in [3.05, 3.63) is 69.2 Å². The van der Waals surface area contributed by atoms with Crippen LogP contribution in [0.25, 0.3) is 11.6 Å². The van der Waals surface area contributed by atoms with Crippen LogP contribution >= 0.6 is 23.2 Å². The number of nitrogens with one attached hydrogen (secondary N) is 1. The van der Waals surface area contributed by atoms with Gasteiger partial charge in [-0.2, -0.15) is 5.26 Å². The lowest BCUT2D eigenvalue weighted by Gasteiger charge is -2.43. The summed E-state index contributed by atoms with van der Waals surface area (Å²) >= 11 is 12.5. The van der Waals surface area contributed by atoms with Crippen molar-refractivity contribution in [3.8, 4) is 6.07 Å². The van der Waals surface area contributed by atoms with Gasteiger partial charge in [-0.1, -0.05) is 35.3 Å². The van der Waals surface area contributed by atoms with E-state index in [-0.39, 0.29) is 11.1 Å². The summed E-state index contributed by atoms with van der Waals surface area (Å²) in [4.78, 5) is 14.9. The number of allylic oxidation sites excluding steroid dienone is 1. The topological polar surface area (TPSA) is 56.1 Å². The molecule has 0 fully saturated rings. The Balaban J connectivity index is 1.99. The summed E-state index contributed by atoms with van der Waals surface area (Å²) in [6.45, 7) is 9.33. The molecule has 0 radical (unpaired) electrons. The molecule has 6 heteroatoms. The van der Waals surface area contributed by atoms with Crippen LogP contribution in [0.15, 0.2) is 48.0 Å². The molecule has 1 aliphatic rings. The zero-order valence-corrected chi connectivity index (χ0v) is 18.9. The smallest absolute Gasteiger partial charge is 0.266 e. The molecule has 2 aromatic rings. The van der Waals surface area contributed by atoms with E-state index < -0.39 is 5.91 Å². The van der Waals surface area contributed by atoms with Gasteiger partial charge in [0.1, 0.15) is 11.6 Å². The Morgan fingerprint density at radius 2 is 2.00 bits per heavy atom. The predicted octanol–water partition coefficient (Wildman–Crippen LogP) is 6.56. The standard InChI is InChI=1S/C24H23Cl2N3O/c1-5-29-22-12-21(26)16(10-20(22)15(2)13-24(29,3)4)9-17(14-27)23(30)28-19-8-6-7-18(25)11-19/h6-13H,5H2,1-4H3,(H,28,30)/b17-9+. The van der Waals surface area contributed by atoms with Gasteiger partial charge >= 0.3 is 0 Å². The van der Waals surface area contributed by atoms with Crippen molar-refractivity contribution in [2.45, 2.75) is 33.2 Å². The highest BCUT2D eigenvalue weighted by molar-refractivity contribution is 6.33. The van der Waals surface area contributed by atoms with Crippen LogP contribution in [0.2, 0.25) is 10.0 Å². The molecule has 0 aromatic heterocycles. The summed E-state index contributed by atoms with van der Waals surface area (Å²) < 4.78 is 0. The molecule has 154 valence electrons. The molecule has 1 heterocycles. The van der Waals surface area contributed by atoms with Crippen molar-refractivity contribution in [2.24, 2.45) is 0 Å². The first kappa shape index (κ1) is 22.0. The van der Waals surface area contributed by atoms with E-state index in [4.69, 9.17) is 23.2 Å². The number of hydrogen-bond donors (Lipinski definition) is 1. The fraction of sp³-hybridized carbons (Fsp3) is 0.250. The van der Waals surface area contributed by atoms with Gasteiger partial charge in [-0.15, -0.1) is 0 Å². The van der Waals surface area contributed by atoms with E-state index in [1.54, 1.807) is 24.3 Å². The first-order valence-corrected chi connectivity index (χ1v) is 10.4. The molecule has 4 nitrogen and oxygen atoms in total. The minimum Gasteiger partial charge on any atom is -0.363 e. The molecule has 3 rings (SSSR count). The number of likely N-dealkylation sites (N-methyl/N-ethyl adjacent to an activating group) is 1. The summed E-state index contributed by atoms with van der Waals surface area (Å²) in [7, 11) is 0.